The maximum Gasteiger partial charge on any atom is 0.122 e. The van der Waals surface area contributed by atoms with E-state index in [1.807, 2.05) is 6.07 Å². The number of hydrogen-bond acceptors (Lipinski definition) is 2. The van der Waals surface area contributed by atoms with Gasteiger partial charge in [-0.05, 0) is 25.0 Å². The lowest BCUT2D eigenvalue weighted by atomic mass is 9.91. The summed E-state index contributed by atoms with van der Waals surface area (Å²) in [6.45, 7) is 0. The average Bonchev–Trinajstić information content (AvgIpc) is 2.52. The zero-order valence-electron chi connectivity index (χ0n) is 7.83. The van der Waals surface area contributed by atoms with Crippen molar-refractivity contribution in [3.63, 3.8) is 0 Å². The Hall–Kier alpha value is -0.540. The van der Waals surface area contributed by atoms with Crippen LogP contribution in [0.2, 0.25) is 0 Å². The summed E-state index contributed by atoms with van der Waals surface area (Å²) in [5.41, 5.74) is -0.136. The van der Waals surface area contributed by atoms with E-state index in [9.17, 15) is 10.2 Å². The van der Waals surface area contributed by atoms with Gasteiger partial charge in [-0.1, -0.05) is 34.8 Å². The van der Waals surface area contributed by atoms with E-state index in [2.05, 4.69) is 15.9 Å². The highest BCUT2D eigenvalue weighted by Crippen LogP contribution is 2.42. The number of phenolic OH excluding ortho intramolecular Hbond substituents is 1. The summed E-state index contributed by atoms with van der Waals surface area (Å²) in [6.07, 6.45) is 3.57. The molecule has 76 valence electrons. The van der Waals surface area contributed by atoms with Gasteiger partial charge in [-0.2, -0.15) is 0 Å². The molecular formula is C11H13BrO2. The lowest BCUT2D eigenvalue weighted by Crippen LogP contribution is -2.20. The van der Waals surface area contributed by atoms with Crippen LogP contribution in [0.1, 0.15) is 31.2 Å². The number of aliphatic hydroxyl groups is 1. The summed E-state index contributed by atoms with van der Waals surface area (Å²) in [7, 11) is 0. The normalized spacial score (nSPS) is 19.9. The first-order valence-electron chi connectivity index (χ1n) is 4.83. The van der Waals surface area contributed by atoms with Crippen LogP contribution in [0.25, 0.3) is 0 Å². The first-order valence-corrected chi connectivity index (χ1v) is 5.62. The lowest BCUT2D eigenvalue weighted by Gasteiger charge is -2.23. The smallest absolute Gasteiger partial charge is 0.122 e. The zero-order valence-corrected chi connectivity index (χ0v) is 9.42. The minimum atomic E-state index is -0.801. The highest BCUT2D eigenvalue weighted by molar-refractivity contribution is 9.10. The molecule has 3 heteroatoms. The molecule has 1 aromatic carbocycles. The zero-order chi connectivity index (χ0) is 10.2. The van der Waals surface area contributed by atoms with E-state index in [0.29, 0.717) is 5.56 Å². The van der Waals surface area contributed by atoms with Crippen LogP contribution in [0.15, 0.2) is 22.7 Å². The van der Waals surface area contributed by atoms with Crippen LogP contribution in [0, 0.1) is 0 Å². The van der Waals surface area contributed by atoms with Crippen molar-refractivity contribution in [1.82, 2.24) is 0 Å². The molecule has 0 aromatic heterocycles. The first-order chi connectivity index (χ1) is 6.62. The Kier molecular flexibility index (Phi) is 2.54. The molecule has 0 spiro atoms. The van der Waals surface area contributed by atoms with Crippen LogP contribution in [-0.2, 0) is 5.60 Å². The van der Waals surface area contributed by atoms with E-state index in [0.717, 1.165) is 30.2 Å². The monoisotopic (exact) mass is 256 g/mol. The molecule has 0 radical (unpaired) electrons. The molecule has 1 aliphatic rings. The molecule has 0 atom stereocenters. The molecule has 0 aliphatic heterocycles. The number of halogens is 1. The number of phenols is 1. The van der Waals surface area contributed by atoms with E-state index < -0.39 is 5.60 Å². The van der Waals surface area contributed by atoms with Crippen molar-refractivity contribution in [3.8, 4) is 5.75 Å². The third-order valence-electron chi connectivity index (χ3n) is 2.89. The van der Waals surface area contributed by atoms with Crippen LogP contribution in [0.3, 0.4) is 0 Å². The quantitative estimate of drug-likeness (QED) is 0.812. The Morgan fingerprint density at radius 1 is 1.21 bits per heavy atom. The van der Waals surface area contributed by atoms with E-state index in [1.165, 1.54) is 0 Å². The predicted molar refractivity (Wildman–Crippen MR) is 58.2 cm³/mol. The maximum absolute atomic E-state index is 10.3. The molecule has 1 fully saturated rings. The van der Waals surface area contributed by atoms with Crippen molar-refractivity contribution in [2.75, 3.05) is 0 Å². The number of benzene rings is 1. The van der Waals surface area contributed by atoms with Gasteiger partial charge in [0.15, 0.2) is 0 Å². The molecule has 2 nitrogen and oxygen atoms in total. The Balaban J connectivity index is 2.40. The minimum Gasteiger partial charge on any atom is -0.508 e. The molecule has 0 amide bonds. The number of hydrogen-bond donors (Lipinski definition) is 2. The van der Waals surface area contributed by atoms with Crippen LogP contribution in [-0.4, -0.2) is 10.2 Å². The average molecular weight is 257 g/mol. The van der Waals surface area contributed by atoms with E-state index >= 15 is 0 Å². The summed E-state index contributed by atoms with van der Waals surface area (Å²) >= 11 is 3.28. The Morgan fingerprint density at radius 2 is 1.86 bits per heavy atom. The van der Waals surface area contributed by atoms with Gasteiger partial charge in [-0.15, -0.1) is 0 Å². The van der Waals surface area contributed by atoms with Crippen molar-refractivity contribution in [2.24, 2.45) is 0 Å². The van der Waals surface area contributed by atoms with Crippen molar-refractivity contribution in [2.45, 2.75) is 31.3 Å². The fourth-order valence-corrected chi connectivity index (χ4v) is 2.48. The fourth-order valence-electron chi connectivity index (χ4n) is 2.13. The Morgan fingerprint density at radius 3 is 2.43 bits per heavy atom. The van der Waals surface area contributed by atoms with Gasteiger partial charge in [0.1, 0.15) is 5.75 Å². The second-order valence-corrected chi connectivity index (χ2v) is 4.82. The first kappa shape index (κ1) is 9.99. The van der Waals surface area contributed by atoms with E-state index in [1.54, 1.807) is 12.1 Å². The molecule has 1 aliphatic carbocycles. The third kappa shape index (κ3) is 1.66. The van der Waals surface area contributed by atoms with E-state index in [-0.39, 0.29) is 5.75 Å². The lowest BCUT2D eigenvalue weighted by molar-refractivity contribution is 0.0420. The van der Waals surface area contributed by atoms with Gasteiger partial charge in [0.2, 0.25) is 0 Å². The molecule has 0 heterocycles. The summed E-state index contributed by atoms with van der Waals surface area (Å²) in [4.78, 5) is 0. The van der Waals surface area contributed by atoms with Crippen molar-refractivity contribution < 1.29 is 10.2 Å². The second kappa shape index (κ2) is 3.55. The van der Waals surface area contributed by atoms with Gasteiger partial charge in [0, 0.05) is 10.0 Å². The molecule has 0 saturated heterocycles. The third-order valence-corrected chi connectivity index (χ3v) is 3.39. The van der Waals surface area contributed by atoms with E-state index in [4.69, 9.17) is 0 Å². The van der Waals surface area contributed by atoms with Gasteiger partial charge in [0.25, 0.3) is 0 Å². The summed E-state index contributed by atoms with van der Waals surface area (Å²) in [5, 5.41) is 20.0. The summed E-state index contributed by atoms with van der Waals surface area (Å²) in [6, 6.07) is 5.28. The standard InChI is InChI=1S/C11H13BrO2/c12-8-3-4-9(10(13)7-8)11(14)5-1-2-6-11/h3-4,7,13-14H,1-2,5-6H2. The molecular weight excluding hydrogens is 244 g/mol. The fraction of sp³-hybridized carbons (Fsp3) is 0.455. The minimum absolute atomic E-state index is 0.184. The molecule has 1 aromatic rings. The SMILES string of the molecule is Oc1cc(Br)ccc1C1(O)CCCC1. The molecule has 0 unspecified atom stereocenters. The van der Waals surface area contributed by atoms with Crippen LogP contribution < -0.4 is 0 Å². The van der Waals surface area contributed by atoms with Crippen LogP contribution in [0.5, 0.6) is 5.75 Å². The predicted octanol–water partition coefficient (Wildman–Crippen LogP) is 2.92. The van der Waals surface area contributed by atoms with Gasteiger partial charge in [-0.3, -0.25) is 0 Å². The van der Waals surface area contributed by atoms with Crippen molar-refractivity contribution >= 4 is 15.9 Å². The Labute approximate surface area is 91.7 Å². The largest absolute Gasteiger partial charge is 0.508 e. The van der Waals surface area contributed by atoms with Crippen molar-refractivity contribution in [1.29, 1.82) is 0 Å². The van der Waals surface area contributed by atoms with Gasteiger partial charge in [-0.25, -0.2) is 0 Å². The Bertz CT molecular complexity index is 343. The van der Waals surface area contributed by atoms with Crippen molar-refractivity contribution in [3.05, 3.63) is 28.2 Å². The van der Waals surface area contributed by atoms with Gasteiger partial charge < -0.3 is 10.2 Å². The molecule has 0 bridgehead atoms. The highest BCUT2D eigenvalue weighted by atomic mass is 79.9. The summed E-state index contributed by atoms with van der Waals surface area (Å²) < 4.78 is 0.834. The molecule has 14 heavy (non-hydrogen) atoms. The van der Waals surface area contributed by atoms with Crippen LogP contribution >= 0.6 is 15.9 Å². The van der Waals surface area contributed by atoms with Gasteiger partial charge in [0.05, 0.1) is 5.60 Å². The summed E-state index contributed by atoms with van der Waals surface area (Å²) in [5.74, 6) is 0.184. The second-order valence-electron chi connectivity index (χ2n) is 3.90. The molecule has 2 N–H and O–H groups in total. The topological polar surface area (TPSA) is 40.5 Å². The maximum atomic E-state index is 10.3. The van der Waals surface area contributed by atoms with Crippen LogP contribution in [0.4, 0.5) is 0 Å². The number of aromatic hydroxyl groups is 1. The molecule has 2 rings (SSSR count). The molecule has 1 saturated carbocycles. The number of rotatable bonds is 1. The highest BCUT2D eigenvalue weighted by Gasteiger charge is 2.34. The van der Waals surface area contributed by atoms with Gasteiger partial charge >= 0.3 is 0 Å².